The third kappa shape index (κ3) is 5.28. The molecule has 0 nitrogen and oxygen atoms in total. The monoisotopic (exact) mass is 720 g/mol. The van der Waals surface area contributed by atoms with Crippen molar-refractivity contribution >= 4 is 34.9 Å². The molecule has 0 bridgehead atoms. The maximum Gasteiger partial charge on any atom is 0.200 e. The van der Waals surface area contributed by atoms with Crippen LogP contribution >= 0.6 is 7.26 Å². The van der Waals surface area contributed by atoms with Crippen LogP contribution in [-0.2, 0) is 0 Å². The first-order chi connectivity index (χ1) is 23.2. The summed E-state index contributed by atoms with van der Waals surface area (Å²) in [6, 6.07) is 7.64. The predicted octanol–water partition coefficient (Wildman–Crippen LogP) is 9.32. The molecule has 4 aromatic rings. The van der Waals surface area contributed by atoms with E-state index in [0.29, 0.717) is 5.31 Å². The van der Waals surface area contributed by atoms with Gasteiger partial charge in [0.15, 0.2) is 34.9 Å². The first-order valence-corrected chi connectivity index (χ1v) is 17.7. The van der Waals surface area contributed by atoms with Gasteiger partial charge in [0.25, 0.3) is 0 Å². The van der Waals surface area contributed by atoms with Crippen molar-refractivity contribution in [1.82, 2.24) is 0 Å². The van der Waals surface area contributed by atoms with Gasteiger partial charge in [-0.05, 0) is 69.5 Å². The fourth-order valence-corrected chi connectivity index (χ4v) is 13.7. The molecule has 0 saturated heterocycles. The first-order valence-electron chi connectivity index (χ1n) is 15.7. The molecule has 1 heterocycles. The standard InChI is InChI=1S/C38H32BF10P/c1-17-13-19(3)37(20(4)14-17)50(38-21(5)15-18(2)16-22(38)6)12-11-39(23(7)9-10-24(50)8,25-27(40)31(44)35(48)32(45)28(25)41)26-29(42)33(46)36(49)34(47)30(26)43/h13-16H,11-12H2,1-8H3. The zero-order valence-corrected chi connectivity index (χ0v) is 29.4. The average molecular weight is 720 g/mol. The Morgan fingerprint density at radius 3 is 1.08 bits per heavy atom. The van der Waals surface area contributed by atoms with Gasteiger partial charge in [-0.25, -0.2) is 43.9 Å². The van der Waals surface area contributed by atoms with Gasteiger partial charge in [-0.2, -0.15) is 5.47 Å². The minimum Gasteiger partial charge on any atom is -0.207 e. The number of hydrogen-bond acceptors (Lipinski definition) is 0. The molecule has 0 radical (unpaired) electrons. The Morgan fingerprint density at radius 2 is 0.760 bits per heavy atom. The molecule has 0 fully saturated rings. The van der Waals surface area contributed by atoms with Crippen LogP contribution in [0.25, 0.3) is 0 Å². The van der Waals surface area contributed by atoms with Crippen LogP contribution in [0.1, 0.15) is 47.2 Å². The molecule has 4 aromatic carbocycles. The highest BCUT2D eigenvalue weighted by atomic mass is 31.2. The lowest BCUT2D eigenvalue weighted by atomic mass is 9.14. The molecule has 0 aromatic heterocycles. The number of allylic oxidation sites excluding steroid dienone is 2. The minimum atomic E-state index is -4.21. The second-order valence-electron chi connectivity index (χ2n) is 13.3. The van der Waals surface area contributed by atoms with E-state index in [4.69, 9.17) is 0 Å². The Balaban J connectivity index is 2.09. The second kappa shape index (κ2) is 12.9. The van der Waals surface area contributed by atoms with Gasteiger partial charge in [0.2, 0.25) is 0 Å². The molecule has 0 saturated carbocycles. The molecule has 0 unspecified atom stereocenters. The Kier molecular flexibility index (Phi) is 9.64. The minimum absolute atomic E-state index is 0.251. The van der Waals surface area contributed by atoms with Gasteiger partial charge < -0.3 is 0 Å². The molecule has 1 aliphatic heterocycles. The molecule has 262 valence electrons. The Labute approximate surface area is 284 Å². The summed E-state index contributed by atoms with van der Waals surface area (Å²) >= 11 is 0. The van der Waals surface area contributed by atoms with E-state index in [-0.39, 0.29) is 6.16 Å². The van der Waals surface area contributed by atoms with Crippen LogP contribution in [0.4, 0.5) is 43.9 Å². The fraction of sp³-hybridized carbons (Fsp3) is 0.263. The summed E-state index contributed by atoms with van der Waals surface area (Å²) in [6.45, 7) is 13.9. The van der Waals surface area contributed by atoms with Gasteiger partial charge in [-0.15, -0.1) is 23.0 Å². The smallest absolute Gasteiger partial charge is 0.200 e. The normalized spacial score (nSPS) is 15.5. The van der Waals surface area contributed by atoms with E-state index in [9.17, 15) is 8.78 Å². The van der Waals surface area contributed by atoms with Crippen molar-refractivity contribution in [3.63, 3.8) is 0 Å². The van der Waals surface area contributed by atoms with Crippen molar-refractivity contribution in [1.29, 1.82) is 0 Å². The number of halogens is 10. The fourth-order valence-electron chi connectivity index (χ4n) is 8.37. The first kappa shape index (κ1) is 37.2. The van der Waals surface area contributed by atoms with Gasteiger partial charge in [0.1, 0.15) is 52.6 Å². The van der Waals surface area contributed by atoms with Crippen LogP contribution in [0.15, 0.2) is 46.5 Å². The molecule has 5 rings (SSSR count). The van der Waals surface area contributed by atoms with E-state index in [0.717, 1.165) is 50.9 Å². The molecule has 0 aliphatic carbocycles. The summed E-state index contributed by atoms with van der Waals surface area (Å²) in [7, 11) is -3.19. The largest absolute Gasteiger partial charge is 0.207 e. The van der Waals surface area contributed by atoms with E-state index in [1.54, 1.807) is 6.92 Å². The average Bonchev–Trinajstić information content (AvgIpc) is 3.03. The van der Waals surface area contributed by atoms with E-state index in [1.807, 2.05) is 65.8 Å². The lowest BCUT2D eigenvalue weighted by Gasteiger charge is -2.45. The van der Waals surface area contributed by atoms with E-state index >= 15 is 35.1 Å². The van der Waals surface area contributed by atoms with Crippen molar-refractivity contribution < 1.29 is 43.9 Å². The van der Waals surface area contributed by atoms with E-state index in [1.165, 1.54) is 0 Å². The number of rotatable bonds is 4. The highest BCUT2D eigenvalue weighted by Gasteiger charge is 2.53. The van der Waals surface area contributed by atoms with Crippen LogP contribution in [0.2, 0.25) is 6.32 Å². The summed E-state index contributed by atoms with van der Waals surface area (Å²) in [6.07, 6.45) is -5.26. The SMILES string of the molecule is CC1=C=C=C(C)[P+](c2c(C)cc(C)cc2C)(c2c(C)cc(C)cc2C)CC[B-]1(c1c(F)c(F)c(F)c(F)c1F)c1c(F)c(F)c(F)c(F)c1F. The van der Waals surface area contributed by atoms with Crippen LogP contribution in [-0.4, -0.2) is 12.3 Å². The van der Waals surface area contributed by atoms with Crippen molar-refractivity contribution in [2.45, 2.75) is 61.7 Å². The van der Waals surface area contributed by atoms with Crippen molar-refractivity contribution in [2.75, 3.05) is 6.16 Å². The molecular weight excluding hydrogens is 688 g/mol. The molecular formula is C38H32BF10P. The van der Waals surface area contributed by atoms with Crippen LogP contribution in [0.3, 0.4) is 0 Å². The van der Waals surface area contributed by atoms with Crippen LogP contribution in [0, 0.1) is 99.7 Å². The van der Waals surface area contributed by atoms with E-state index in [2.05, 4.69) is 11.5 Å². The highest BCUT2D eigenvalue weighted by molar-refractivity contribution is 7.93. The molecule has 0 N–H and O–H groups in total. The third-order valence-electron chi connectivity index (χ3n) is 10.2. The maximum absolute atomic E-state index is 16.1. The predicted molar refractivity (Wildman–Crippen MR) is 180 cm³/mol. The molecule has 1 aliphatic rings. The van der Waals surface area contributed by atoms with Crippen LogP contribution in [0.5, 0.6) is 0 Å². The topological polar surface area (TPSA) is 0 Å². The number of hydrogen-bond donors (Lipinski definition) is 0. The van der Waals surface area contributed by atoms with Gasteiger partial charge in [0, 0.05) is 13.1 Å². The van der Waals surface area contributed by atoms with Gasteiger partial charge in [-0.3, -0.25) is 0 Å². The Bertz CT molecular complexity index is 2010. The third-order valence-corrected chi connectivity index (χ3v) is 15.3. The molecule has 0 amide bonds. The summed E-state index contributed by atoms with van der Waals surface area (Å²) in [5, 5.41) is 2.12. The van der Waals surface area contributed by atoms with Crippen molar-refractivity contribution in [3.05, 3.63) is 138 Å². The number of benzene rings is 4. The van der Waals surface area contributed by atoms with Crippen molar-refractivity contribution in [3.8, 4) is 0 Å². The quantitative estimate of drug-likeness (QED) is 0.0493. The Morgan fingerprint density at radius 1 is 0.460 bits per heavy atom. The summed E-state index contributed by atoms with van der Waals surface area (Å²) < 4.78 is 153. The number of aryl methyl sites for hydroxylation is 6. The zero-order valence-electron chi connectivity index (χ0n) is 28.5. The molecule has 12 heteroatoms. The molecule has 50 heavy (non-hydrogen) atoms. The van der Waals surface area contributed by atoms with Crippen LogP contribution < -0.4 is 21.5 Å². The maximum atomic E-state index is 16.1. The zero-order chi connectivity index (χ0) is 37.4. The highest BCUT2D eigenvalue weighted by Crippen LogP contribution is 2.66. The van der Waals surface area contributed by atoms with Gasteiger partial charge >= 0.3 is 0 Å². The van der Waals surface area contributed by atoms with Crippen molar-refractivity contribution in [2.24, 2.45) is 0 Å². The lowest BCUT2D eigenvalue weighted by molar-refractivity contribution is 0.381. The Hall–Kier alpha value is -4.03. The summed E-state index contributed by atoms with van der Waals surface area (Å²) in [5.74, 6) is -24.7. The summed E-state index contributed by atoms with van der Waals surface area (Å²) in [4.78, 5) is 0. The van der Waals surface area contributed by atoms with E-state index < -0.39 is 94.3 Å². The summed E-state index contributed by atoms with van der Waals surface area (Å²) in [5.41, 5.74) is 6.66. The lowest BCUT2D eigenvalue weighted by Crippen LogP contribution is -2.65. The molecule has 0 atom stereocenters. The van der Waals surface area contributed by atoms with Gasteiger partial charge in [0.05, 0.1) is 0 Å². The second-order valence-corrected chi connectivity index (χ2v) is 17.0. The van der Waals surface area contributed by atoms with Gasteiger partial charge in [-0.1, -0.05) is 42.3 Å². The molecule has 0 spiro atoms.